The van der Waals surface area contributed by atoms with Crippen LogP contribution >= 0.6 is 0 Å². The lowest BCUT2D eigenvalue weighted by Crippen LogP contribution is -2.39. The van der Waals surface area contributed by atoms with Crippen LogP contribution in [0.4, 0.5) is 0 Å². The van der Waals surface area contributed by atoms with Gasteiger partial charge in [-0.1, -0.05) is 6.07 Å². The van der Waals surface area contributed by atoms with Crippen LogP contribution in [0.15, 0.2) is 30.6 Å². The van der Waals surface area contributed by atoms with Gasteiger partial charge in [0.25, 0.3) is 0 Å². The summed E-state index contributed by atoms with van der Waals surface area (Å²) in [6, 6.07) is 5.85. The van der Waals surface area contributed by atoms with E-state index in [1.807, 2.05) is 47.1 Å². The maximum absolute atomic E-state index is 12.9. The number of likely N-dealkylation sites (tertiary alicyclic amines) is 2. The maximum atomic E-state index is 12.9. The predicted octanol–water partition coefficient (Wildman–Crippen LogP) is 1.03. The second kappa shape index (κ2) is 7.59. The molecule has 1 amide bonds. The Kier molecular flexibility index (Phi) is 4.91. The summed E-state index contributed by atoms with van der Waals surface area (Å²) in [6.45, 7) is 4.18. The number of nitrogens with zero attached hydrogens (tertiary/aromatic N) is 4. The highest BCUT2D eigenvalue weighted by atomic mass is 16.7. The van der Waals surface area contributed by atoms with Crippen molar-refractivity contribution in [3.8, 4) is 11.5 Å². The summed E-state index contributed by atoms with van der Waals surface area (Å²) >= 11 is 0. The van der Waals surface area contributed by atoms with E-state index in [-0.39, 0.29) is 24.7 Å². The average Bonchev–Trinajstić information content (AvgIpc) is 3.49. The molecule has 4 heterocycles. The van der Waals surface area contributed by atoms with Crippen LogP contribution in [0.3, 0.4) is 0 Å². The molecule has 0 saturated carbocycles. The number of imidazole rings is 1. The Morgan fingerprint density at radius 3 is 2.90 bits per heavy atom. The number of aryl methyl sites for hydroxylation is 2. The van der Waals surface area contributed by atoms with E-state index in [9.17, 15) is 9.90 Å². The van der Waals surface area contributed by atoms with Crippen LogP contribution in [-0.4, -0.2) is 69.9 Å². The Morgan fingerprint density at radius 2 is 2.13 bits per heavy atom. The minimum absolute atomic E-state index is 0.112. The SMILES string of the molecule is Cn1ccnc1CN1C[C@H]2CN(C(=O)CCc3ccc4c(c3)OCO4)C[C@@]2(CO)C1. The Bertz CT molecular complexity index is 945. The van der Waals surface area contributed by atoms with E-state index in [4.69, 9.17) is 9.47 Å². The lowest BCUT2D eigenvalue weighted by molar-refractivity contribution is -0.130. The molecule has 30 heavy (non-hydrogen) atoms. The molecular weight excluding hydrogens is 384 g/mol. The third-order valence-corrected chi connectivity index (χ3v) is 6.85. The Labute approximate surface area is 176 Å². The van der Waals surface area contributed by atoms with E-state index in [0.717, 1.165) is 49.1 Å². The number of aliphatic hydroxyl groups is 1. The van der Waals surface area contributed by atoms with Gasteiger partial charge in [0, 0.05) is 57.5 Å². The van der Waals surface area contributed by atoms with Gasteiger partial charge in [0.15, 0.2) is 11.5 Å². The Balaban J connectivity index is 1.18. The molecule has 0 bridgehead atoms. The van der Waals surface area contributed by atoms with E-state index in [0.29, 0.717) is 25.3 Å². The normalized spacial score (nSPS) is 25.1. The lowest BCUT2D eigenvalue weighted by Gasteiger charge is -2.27. The van der Waals surface area contributed by atoms with Crippen LogP contribution in [0, 0.1) is 11.3 Å². The number of aromatic nitrogens is 2. The molecule has 5 rings (SSSR count). The standard InChI is InChI=1S/C22H28N4O4/c1-24-7-6-23-20(24)11-25-9-17-10-26(13-22(17,12-25)14-27)21(28)5-3-16-2-4-18-19(8-16)30-15-29-18/h2,4,6-8,17,27H,3,5,9-15H2,1H3/t17-,22+/m0/s1. The fourth-order valence-electron chi connectivity index (χ4n) is 5.08. The molecule has 8 nitrogen and oxygen atoms in total. The molecule has 2 fully saturated rings. The highest BCUT2D eigenvalue weighted by Crippen LogP contribution is 2.43. The summed E-state index contributed by atoms with van der Waals surface area (Å²) in [5, 5.41) is 10.2. The number of rotatable bonds is 6. The van der Waals surface area contributed by atoms with Gasteiger partial charge in [-0.05, 0) is 30.0 Å². The topological polar surface area (TPSA) is 80.1 Å². The van der Waals surface area contributed by atoms with Crippen LogP contribution in [0.2, 0.25) is 0 Å². The van der Waals surface area contributed by atoms with Gasteiger partial charge in [-0.15, -0.1) is 0 Å². The molecule has 1 aromatic carbocycles. The summed E-state index contributed by atoms with van der Waals surface area (Å²) in [5.74, 6) is 3.00. The van der Waals surface area contributed by atoms with Gasteiger partial charge in [-0.2, -0.15) is 0 Å². The monoisotopic (exact) mass is 412 g/mol. The van der Waals surface area contributed by atoms with Crippen LogP contribution in [-0.2, 0) is 24.8 Å². The largest absolute Gasteiger partial charge is 0.454 e. The Morgan fingerprint density at radius 1 is 1.27 bits per heavy atom. The quantitative estimate of drug-likeness (QED) is 0.764. The van der Waals surface area contributed by atoms with Crippen molar-refractivity contribution in [2.75, 3.05) is 39.6 Å². The van der Waals surface area contributed by atoms with Gasteiger partial charge >= 0.3 is 0 Å². The smallest absolute Gasteiger partial charge is 0.231 e. The van der Waals surface area contributed by atoms with Gasteiger partial charge in [-0.3, -0.25) is 9.69 Å². The highest BCUT2D eigenvalue weighted by molar-refractivity contribution is 5.77. The molecule has 2 atom stereocenters. The molecule has 2 saturated heterocycles. The van der Waals surface area contributed by atoms with Gasteiger partial charge in [0.1, 0.15) is 5.82 Å². The summed E-state index contributed by atoms with van der Waals surface area (Å²) in [5.41, 5.74) is 0.852. The van der Waals surface area contributed by atoms with Gasteiger partial charge in [-0.25, -0.2) is 4.98 Å². The number of benzene rings is 1. The molecule has 2 aromatic rings. The van der Waals surface area contributed by atoms with Gasteiger partial charge in [0.05, 0.1) is 13.2 Å². The fourth-order valence-corrected chi connectivity index (χ4v) is 5.08. The van der Waals surface area contributed by atoms with E-state index < -0.39 is 0 Å². The minimum atomic E-state index is -0.223. The second-order valence-corrected chi connectivity index (χ2v) is 8.80. The summed E-state index contributed by atoms with van der Waals surface area (Å²) in [6.07, 6.45) is 4.90. The van der Waals surface area contributed by atoms with Crippen molar-refractivity contribution in [3.05, 3.63) is 42.0 Å². The third-order valence-electron chi connectivity index (χ3n) is 6.85. The van der Waals surface area contributed by atoms with Crippen molar-refractivity contribution in [2.45, 2.75) is 19.4 Å². The lowest BCUT2D eigenvalue weighted by atomic mass is 9.82. The molecule has 160 valence electrons. The number of hydrogen-bond acceptors (Lipinski definition) is 6. The van der Waals surface area contributed by atoms with Crippen molar-refractivity contribution in [3.63, 3.8) is 0 Å². The number of ether oxygens (including phenoxy) is 2. The first kappa shape index (κ1) is 19.4. The van der Waals surface area contributed by atoms with E-state index >= 15 is 0 Å². The van der Waals surface area contributed by atoms with E-state index in [1.165, 1.54) is 0 Å². The van der Waals surface area contributed by atoms with E-state index in [1.54, 1.807) is 0 Å². The molecule has 1 N–H and O–H groups in total. The van der Waals surface area contributed by atoms with E-state index in [2.05, 4.69) is 9.88 Å². The zero-order chi connectivity index (χ0) is 20.7. The summed E-state index contributed by atoms with van der Waals surface area (Å²) in [4.78, 5) is 21.6. The van der Waals surface area contributed by atoms with Crippen molar-refractivity contribution in [1.29, 1.82) is 0 Å². The van der Waals surface area contributed by atoms with Crippen LogP contribution in [0.25, 0.3) is 0 Å². The molecule has 0 aliphatic carbocycles. The van der Waals surface area contributed by atoms with Crippen LogP contribution in [0.1, 0.15) is 17.8 Å². The first-order valence-corrected chi connectivity index (χ1v) is 10.5. The van der Waals surface area contributed by atoms with Crippen molar-refractivity contribution < 1.29 is 19.4 Å². The molecule has 0 unspecified atom stereocenters. The Hall–Kier alpha value is -2.58. The van der Waals surface area contributed by atoms with Gasteiger partial charge in [0.2, 0.25) is 12.7 Å². The average molecular weight is 412 g/mol. The van der Waals surface area contributed by atoms with Crippen LogP contribution in [0.5, 0.6) is 11.5 Å². The van der Waals surface area contributed by atoms with Gasteiger partial charge < -0.3 is 24.0 Å². The zero-order valence-corrected chi connectivity index (χ0v) is 17.3. The molecule has 3 aliphatic rings. The predicted molar refractivity (Wildman–Crippen MR) is 109 cm³/mol. The summed E-state index contributed by atoms with van der Waals surface area (Å²) < 4.78 is 12.8. The first-order chi connectivity index (χ1) is 14.6. The third kappa shape index (κ3) is 3.44. The molecule has 0 radical (unpaired) electrons. The van der Waals surface area contributed by atoms with Crippen LogP contribution < -0.4 is 9.47 Å². The number of fused-ring (bicyclic) bond motifs is 2. The van der Waals surface area contributed by atoms with Crippen molar-refractivity contribution in [1.82, 2.24) is 19.4 Å². The molecule has 1 aromatic heterocycles. The fraction of sp³-hybridized carbons (Fsp3) is 0.545. The molecule has 0 spiro atoms. The van der Waals surface area contributed by atoms with Crippen molar-refractivity contribution >= 4 is 5.91 Å². The molecule has 3 aliphatic heterocycles. The number of aliphatic hydroxyl groups excluding tert-OH is 1. The molecular formula is C22H28N4O4. The van der Waals surface area contributed by atoms with Crippen molar-refractivity contribution in [2.24, 2.45) is 18.4 Å². The number of carbonyl (C=O) groups excluding carboxylic acids is 1. The number of amides is 1. The maximum Gasteiger partial charge on any atom is 0.231 e. The minimum Gasteiger partial charge on any atom is -0.454 e. The number of hydrogen-bond donors (Lipinski definition) is 1. The first-order valence-electron chi connectivity index (χ1n) is 10.5. The number of carbonyl (C=O) groups is 1. The molecule has 8 heteroatoms. The highest BCUT2D eigenvalue weighted by Gasteiger charge is 2.53. The summed E-state index contributed by atoms with van der Waals surface area (Å²) in [7, 11) is 2.00. The second-order valence-electron chi connectivity index (χ2n) is 8.80. The zero-order valence-electron chi connectivity index (χ0n) is 17.3.